The van der Waals surface area contributed by atoms with Crippen LogP contribution in [0.25, 0.3) is 0 Å². The normalized spacial score (nSPS) is 9.45. The van der Waals surface area contributed by atoms with Crippen LogP contribution in [0.3, 0.4) is 0 Å². The van der Waals surface area contributed by atoms with Crippen LogP contribution in [-0.2, 0) is 0 Å². The van der Waals surface area contributed by atoms with E-state index in [9.17, 15) is 4.79 Å². The van der Waals surface area contributed by atoms with Gasteiger partial charge in [-0.15, -0.1) is 0 Å². The molecule has 1 rings (SSSR count). The summed E-state index contributed by atoms with van der Waals surface area (Å²) in [7, 11) is 0. The van der Waals surface area contributed by atoms with Crippen LogP contribution in [0.15, 0.2) is 18.2 Å². The molecule has 4 nitrogen and oxygen atoms in total. The second-order valence-corrected chi connectivity index (χ2v) is 2.07. The standard InChI is InChI=1S/C7H7NO3/c8-7(11)5-2-1-4(9)3-6(5)10/h1-3,9-10H,(H2,8,11). The first-order chi connectivity index (χ1) is 5.11. The van der Waals surface area contributed by atoms with Crippen LogP contribution in [-0.4, -0.2) is 16.1 Å². The Morgan fingerprint density at radius 3 is 2.45 bits per heavy atom. The summed E-state index contributed by atoms with van der Waals surface area (Å²) in [6, 6.07) is 3.59. The van der Waals surface area contributed by atoms with E-state index in [2.05, 4.69) is 0 Å². The van der Waals surface area contributed by atoms with E-state index in [1.807, 2.05) is 0 Å². The Morgan fingerprint density at radius 1 is 1.36 bits per heavy atom. The third kappa shape index (κ3) is 1.40. The fourth-order valence-electron chi connectivity index (χ4n) is 0.728. The van der Waals surface area contributed by atoms with E-state index in [1.54, 1.807) is 0 Å². The number of carbonyl (C=O) groups excluding carboxylic acids is 1. The van der Waals surface area contributed by atoms with Crippen LogP contribution < -0.4 is 5.73 Å². The summed E-state index contributed by atoms with van der Waals surface area (Å²) in [5.74, 6) is -1.13. The van der Waals surface area contributed by atoms with E-state index in [1.165, 1.54) is 12.1 Å². The van der Waals surface area contributed by atoms with Gasteiger partial charge in [0.1, 0.15) is 11.5 Å². The number of hydrogen-bond donors (Lipinski definition) is 3. The Kier molecular flexibility index (Phi) is 1.68. The Morgan fingerprint density at radius 2 is 2.00 bits per heavy atom. The highest BCUT2D eigenvalue weighted by molar-refractivity contribution is 5.95. The first-order valence-corrected chi connectivity index (χ1v) is 2.93. The molecule has 0 saturated carbocycles. The maximum Gasteiger partial charge on any atom is 0.252 e. The van der Waals surface area contributed by atoms with Gasteiger partial charge in [-0.2, -0.15) is 0 Å². The molecular weight excluding hydrogens is 146 g/mol. The molecule has 4 N–H and O–H groups in total. The van der Waals surface area contributed by atoms with Crippen molar-refractivity contribution in [1.29, 1.82) is 0 Å². The number of hydrogen-bond acceptors (Lipinski definition) is 3. The minimum absolute atomic E-state index is 0.00259. The summed E-state index contributed by atoms with van der Waals surface area (Å²) in [6.45, 7) is 0. The Labute approximate surface area is 62.9 Å². The first-order valence-electron chi connectivity index (χ1n) is 2.93. The van der Waals surface area contributed by atoms with Crippen molar-refractivity contribution in [2.24, 2.45) is 5.73 Å². The minimum atomic E-state index is -0.720. The van der Waals surface area contributed by atoms with Gasteiger partial charge in [0, 0.05) is 6.07 Å². The quantitative estimate of drug-likeness (QED) is 0.538. The molecule has 0 radical (unpaired) electrons. The van der Waals surface area contributed by atoms with Crippen LogP contribution in [0.2, 0.25) is 0 Å². The molecule has 58 valence electrons. The van der Waals surface area contributed by atoms with Crippen molar-refractivity contribution >= 4 is 5.91 Å². The molecule has 0 bridgehead atoms. The Bertz CT molecular complexity index is 296. The van der Waals surface area contributed by atoms with Crippen LogP contribution >= 0.6 is 0 Å². The summed E-state index contributed by atoms with van der Waals surface area (Å²) in [4.78, 5) is 10.5. The predicted molar refractivity (Wildman–Crippen MR) is 38.3 cm³/mol. The number of benzene rings is 1. The van der Waals surface area contributed by atoms with Crippen molar-refractivity contribution in [3.63, 3.8) is 0 Å². The zero-order chi connectivity index (χ0) is 8.43. The molecule has 0 aliphatic rings. The number of phenols is 2. The van der Waals surface area contributed by atoms with Crippen molar-refractivity contribution in [2.75, 3.05) is 0 Å². The third-order valence-electron chi connectivity index (χ3n) is 1.25. The highest BCUT2D eigenvalue weighted by Crippen LogP contribution is 2.21. The van der Waals surface area contributed by atoms with E-state index in [0.29, 0.717) is 0 Å². The van der Waals surface area contributed by atoms with Gasteiger partial charge in [-0.25, -0.2) is 0 Å². The molecule has 1 amide bonds. The van der Waals surface area contributed by atoms with E-state index >= 15 is 0 Å². The monoisotopic (exact) mass is 153 g/mol. The second kappa shape index (κ2) is 2.49. The average Bonchev–Trinajstić information content (AvgIpc) is 1.85. The fraction of sp³-hybridized carbons (Fsp3) is 0. The maximum atomic E-state index is 10.5. The third-order valence-corrected chi connectivity index (χ3v) is 1.25. The van der Waals surface area contributed by atoms with Crippen molar-refractivity contribution in [3.05, 3.63) is 23.8 Å². The van der Waals surface area contributed by atoms with Crippen molar-refractivity contribution < 1.29 is 15.0 Å². The lowest BCUT2D eigenvalue weighted by Crippen LogP contribution is -2.10. The highest BCUT2D eigenvalue weighted by atomic mass is 16.3. The van der Waals surface area contributed by atoms with Gasteiger partial charge in [0.25, 0.3) is 5.91 Å². The zero-order valence-corrected chi connectivity index (χ0v) is 5.61. The molecule has 0 aliphatic heterocycles. The number of rotatable bonds is 1. The molecule has 0 heterocycles. The summed E-state index contributed by atoms with van der Waals surface area (Å²) in [5, 5.41) is 17.8. The van der Waals surface area contributed by atoms with Crippen LogP contribution in [0.4, 0.5) is 0 Å². The van der Waals surface area contributed by atoms with E-state index in [4.69, 9.17) is 15.9 Å². The van der Waals surface area contributed by atoms with Crippen molar-refractivity contribution in [2.45, 2.75) is 0 Å². The molecular formula is C7H7NO3. The minimum Gasteiger partial charge on any atom is -0.508 e. The Balaban J connectivity index is 3.20. The van der Waals surface area contributed by atoms with E-state index in [0.717, 1.165) is 6.07 Å². The van der Waals surface area contributed by atoms with Gasteiger partial charge < -0.3 is 15.9 Å². The van der Waals surface area contributed by atoms with Crippen molar-refractivity contribution in [1.82, 2.24) is 0 Å². The lowest BCUT2D eigenvalue weighted by Gasteiger charge is -1.98. The average molecular weight is 153 g/mol. The zero-order valence-electron chi connectivity index (χ0n) is 5.61. The number of amides is 1. The van der Waals surface area contributed by atoms with Crippen LogP contribution in [0, 0.1) is 0 Å². The first kappa shape index (κ1) is 7.40. The van der Waals surface area contributed by atoms with Gasteiger partial charge in [-0.05, 0) is 12.1 Å². The molecule has 4 heteroatoms. The molecule has 1 aromatic rings. The van der Waals surface area contributed by atoms with Gasteiger partial charge in [-0.3, -0.25) is 4.79 Å². The van der Waals surface area contributed by atoms with Gasteiger partial charge in [-0.1, -0.05) is 0 Å². The molecule has 0 saturated heterocycles. The van der Waals surface area contributed by atoms with E-state index < -0.39 is 5.91 Å². The lowest BCUT2D eigenvalue weighted by atomic mass is 10.2. The summed E-state index contributed by atoms with van der Waals surface area (Å²) in [5.41, 5.74) is 4.89. The number of nitrogens with two attached hydrogens (primary N) is 1. The molecule has 0 aromatic heterocycles. The molecule has 11 heavy (non-hydrogen) atoms. The highest BCUT2D eigenvalue weighted by Gasteiger charge is 2.06. The predicted octanol–water partition coefficient (Wildman–Crippen LogP) is 0.197. The van der Waals surface area contributed by atoms with Gasteiger partial charge in [0.05, 0.1) is 5.56 Å². The molecule has 0 fully saturated rings. The second-order valence-electron chi connectivity index (χ2n) is 2.07. The largest absolute Gasteiger partial charge is 0.508 e. The molecule has 0 atom stereocenters. The van der Waals surface area contributed by atoms with Gasteiger partial charge in [0.2, 0.25) is 0 Å². The van der Waals surface area contributed by atoms with Crippen molar-refractivity contribution in [3.8, 4) is 11.5 Å². The summed E-state index contributed by atoms with van der Waals surface area (Å²) >= 11 is 0. The smallest absolute Gasteiger partial charge is 0.252 e. The van der Waals surface area contributed by atoms with Gasteiger partial charge >= 0.3 is 0 Å². The molecule has 0 aliphatic carbocycles. The summed E-state index contributed by atoms with van der Waals surface area (Å²) < 4.78 is 0. The topological polar surface area (TPSA) is 83.6 Å². The number of phenolic OH excluding ortho intramolecular Hbond substituents is 1. The van der Waals surface area contributed by atoms with Crippen LogP contribution in [0.1, 0.15) is 10.4 Å². The maximum absolute atomic E-state index is 10.5. The fourth-order valence-corrected chi connectivity index (χ4v) is 0.728. The molecule has 0 spiro atoms. The molecule has 1 aromatic carbocycles. The van der Waals surface area contributed by atoms with E-state index in [-0.39, 0.29) is 17.1 Å². The number of aromatic hydroxyl groups is 2. The SMILES string of the molecule is NC(=O)c1ccc(O)cc1O. The lowest BCUT2D eigenvalue weighted by molar-refractivity contribution is 0.0998. The van der Waals surface area contributed by atoms with Crippen LogP contribution in [0.5, 0.6) is 11.5 Å². The number of primary amides is 1. The van der Waals surface area contributed by atoms with Gasteiger partial charge in [0.15, 0.2) is 0 Å². The number of carbonyl (C=O) groups is 1. The molecule has 0 unspecified atom stereocenters. The summed E-state index contributed by atoms with van der Waals surface area (Å²) in [6.07, 6.45) is 0. The Hall–Kier alpha value is -1.71.